The Labute approximate surface area is 107 Å². The monoisotopic (exact) mass is 243 g/mol. The molecule has 2 rings (SSSR count). The van der Waals surface area contributed by atoms with Gasteiger partial charge in [-0.2, -0.15) is 0 Å². The molecule has 0 saturated carbocycles. The SMILES string of the molecule is CC(CNc1ncccc1N)Oc1ccccc1. The number of pyridine rings is 1. The molecule has 0 amide bonds. The summed E-state index contributed by atoms with van der Waals surface area (Å²) >= 11 is 0. The van der Waals surface area contributed by atoms with E-state index in [0.29, 0.717) is 18.1 Å². The van der Waals surface area contributed by atoms with Gasteiger partial charge in [-0.1, -0.05) is 18.2 Å². The quantitative estimate of drug-likeness (QED) is 0.847. The number of benzene rings is 1. The average molecular weight is 243 g/mol. The first-order valence-corrected chi connectivity index (χ1v) is 5.92. The number of nitrogens with zero attached hydrogens (tertiary/aromatic N) is 1. The number of hydrogen-bond acceptors (Lipinski definition) is 4. The molecule has 94 valence electrons. The number of nitrogens with two attached hydrogens (primary N) is 1. The number of anilines is 2. The summed E-state index contributed by atoms with van der Waals surface area (Å²) < 4.78 is 5.74. The van der Waals surface area contributed by atoms with E-state index in [2.05, 4.69) is 10.3 Å². The summed E-state index contributed by atoms with van der Waals surface area (Å²) in [5, 5.41) is 3.17. The third kappa shape index (κ3) is 3.38. The Hall–Kier alpha value is -2.23. The van der Waals surface area contributed by atoms with Crippen LogP contribution < -0.4 is 15.8 Å². The lowest BCUT2D eigenvalue weighted by Gasteiger charge is -2.16. The largest absolute Gasteiger partial charge is 0.489 e. The summed E-state index contributed by atoms with van der Waals surface area (Å²) in [5.41, 5.74) is 6.44. The van der Waals surface area contributed by atoms with E-state index in [1.165, 1.54) is 0 Å². The van der Waals surface area contributed by atoms with Gasteiger partial charge < -0.3 is 15.8 Å². The van der Waals surface area contributed by atoms with Gasteiger partial charge in [0.2, 0.25) is 0 Å². The summed E-state index contributed by atoms with van der Waals surface area (Å²) in [7, 11) is 0. The highest BCUT2D eigenvalue weighted by atomic mass is 16.5. The lowest BCUT2D eigenvalue weighted by molar-refractivity contribution is 0.234. The normalized spacial score (nSPS) is 11.8. The van der Waals surface area contributed by atoms with Crippen LogP contribution in [0.3, 0.4) is 0 Å². The highest BCUT2D eigenvalue weighted by molar-refractivity contribution is 5.60. The van der Waals surface area contributed by atoms with Gasteiger partial charge in [0.25, 0.3) is 0 Å². The number of aromatic nitrogens is 1. The van der Waals surface area contributed by atoms with Gasteiger partial charge in [-0.3, -0.25) is 0 Å². The van der Waals surface area contributed by atoms with Gasteiger partial charge in [0.05, 0.1) is 12.2 Å². The van der Waals surface area contributed by atoms with Crippen LogP contribution in [0.15, 0.2) is 48.7 Å². The molecule has 18 heavy (non-hydrogen) atoms. The molecule has 3 N–H and O–H groups in total. The molecule has 0 bridgehead atoms. The summed E-state index contributed by atoms with van der Waals surface area (Å²) in [6.45, 7) is 2.65. The first-order chi connectivity index (χ1) is 8.75. The van der Waals surface area contributed by atoms with Gasteiger partial charge in [0.15, 0.2) is 0 Å². The van der Waals surface area contributed by atoms with Gasteiger partial charge in [0.1, 0.15) is 17.7 Å². The molecule has 4 heteroatoms. The van der Waals surface area contributed by atoms with Crippen molar-refractivity contribution < 1.29 is 4.74 Å². The van der Waals surface area contributed by atoms with Crippen LogP contribution in [0, 0.1) is 0 Å². The first-order valence-electron chi connectivity index (χ1n) is 5.92. The molecule has 1 aromatic carbocycles. The van der Waals surface area contributed by atoms with Gasteiger partial charge in [0, 0.05) is 6.20 Å². The van der Waals surface area contributed by atoms with Crippen LogP contribution in [0.1, 0.15) is 6.92 Å². The Morgan fingerprint density at radius 2 is 2.00 bits per heavy atom. The molecule has 1 atom stereocenters. The molecular weight excluding hydrogens is 226 g/mol. The predicted octanol–water partition coefficient (Wildman–Crippen LogP) is 2.54. The Bertz CT molecular complexity index is 487. The van der Waals surface area contributed by atoms with Gasteiger partial charge in [-0.25, -0.2) is 4.98 Å². The molecule has 2 aromatic rings. The minimum absolute atomic E-state index is 0.0359. The second kappa shape index (κ2) is 5.91. The maximum absolute atomic E-state index is 5.79. The highest BCUT2D eigenvalue weighted by Crippen LogP contribution is 2.14. The zero-order chi connectivity index (χ0) is 12.8. The second-order valence-electron chi connectivity index (χ2n) is 4.06. The van der Waals surface area contributed by atoms with Crippen molar-refractivity contribution in [2.24, 2.45) is 0 Å². The smallest absolute Gasteiger partial charge is 0.149 e. The van der Waals surface area contributed by atoms with Crippen molar-refractivity contribution in [3.63, 3.8) is 0 Å². The molecule has 1 aromatic heterocycles. The fourth-order valence-corrected chi connectivity index (χ4v) is 1.58. The van der Waals surface area contributed by atoms with Crippen LogP contribution >= 0.6 is 0 Å². The van der Waals surface area contributed by atoms with Gasteiger partial charge in [-0.15, -0.1) is 0 Å². The van der Waals surface area contributed by atoms with E-state index in [0.717, 1.165) is 5.75 Å². The molecule has 1 heterocycles. The zero-order valence-corrected chi connectivity index (χ0v) is 10.3. The van der Waals surface area contributed by atoms with Crippen molar-refractivity contribution in [2.75, 3.05) is 17.6 Å². The molecule has 0 saturated heterocycles. The Morgan fingerprint density at radius 3 is 2.72 bits per heavy atom. The molecule has 0 fully saturated rings. The van der Waals surface area contributed by atoms with Crippen molar-refractivity contribution in [2.45, 2.75) is 13.0 Å². The van der Waals surface area contributed by atoms with Crippen LogP contribution in [0.25, 0.3) is 0 Å². The lowest BCUT2D eigenvalue weighted by atomic mass is 10.3. The molecular formula is C14H17N3O. The number of nitrogens with one attached hydrogen (secondary N) is 1. The molecule has 4 nitrogen and oxygen atoms in total. The van der Waals surface area contributed by atoms with E-state index < -0.39 is 0 Å². The molecule has 1 unspecified atom stereocenters. The molecule has 0 radical (unpaired) electrons. The molecule has 0 spiro atoms. The fourth-order valence-electron chi connectivity index (χ4n) is 1.58. The van der Waals surface area contributed by atoms with Gasteiger partial charge >= 0.3 is 0 Å². The summed E-state index contributed by atoms with van der Waals surface area (Å²) in [6, 6.07) is 13.4. The summed E-state index contributed by atoms with van der Waals surface area (Å²) in [5.74, 6) is 1.56. The van der Waals surface area contributed by atoms with E-state index >= 15 is 0 Å². The molecule has 0 aliphatic heterocycles. The number of para-hydroxylation sites is 1. The van der Waals surface area contributed by atoms with E-state index in [1.54, 1.807) is 6.20 Å². The van der Waals surface area contributed by atoms with E-state index in [4.69, 9.17) is 10.5 Å². The standard InChI is InChI=1S/C14H17N3O/c1-11(18-12-6-3-2-4-7-12)10-17-14-13(15)8-5-9-16-14/h2-9,11H,10,15H2,1H3,(H,16,17). The minimum Gasteiger partial charge on any atom is -0.489 e. The Balaban J connectivity index is 1.86. The van der Waals surface area contributed by atoms with E-state index in [-0.39, 0.29) is 6.10 Å². The number of ether oxygens (including phenoxy) is 1. The average Bonchev–Trinajstić information content (AvgIpc) is 2.39. The Morgan fingerprint density at radius 1 is 1.22 bits per heavy atom. The van der Waals surface area contributed by atoms with Crippen molar-refractivity contribution in [3.8, 4) is 5.75 Å². The maximum Gasteiger partial charge on any atom is 0.149 e. The van der Waals surface area contributed by atoms with Crippen LogP contribution in [-0.4, -0.2) is 17.6 Å². The van der Waals surface area contributed by atoms with E-state index in [9.17, 15) is 0 Å². The number of rotatable bonds is 5. The lowest BCUT2D eigenvalue weighted by Crippen LogP contribution is -2.23. The third-order valence-corrected chi connectivity index (χ3v) is 2.48. The highest BCUT2D eigenvalue weighted by Gasteiger charge is 2.05. The van der Waals surface area contributed by atoms with Crippen LogP contribution in [-0.2, 0) is 0 Å². The summed E-state index contributed by atoms with van der Waals surface area (Å²) in [4.78, 5) is 4.17. The first kappa shape index (κ1) is 12.2. The second-order valence-corrected chi connectivity index (χ2v) is 4.06. The van der Waals surface area contributed by atoms with Crippen LogP contribution in [0.4, 0.5) is 11.5 Å². The zero-order valence-electron chi connectivity index (χ0n) is 10.3. The van der Waals surface area contributed by atoms with Crippen molar-refractivity contribution >= 4 is 11.5 Å². The predicted molar refractivity (Wildman–Crippen MR) is 73.7 cm³/mol. The molecule has 0 aliphatic rings. The summed E-state index contributed by atoms with van der Waals surface area (Å²) in [6.07, 6.45) is 1.75. The number of hydrogen-bond donors (Lipinski definition) is 2. The molecule has 0 aliphatic carbocycles. The van der Waals surface area contributed by atoms with Crippen molar-refractivity contribution in [1.29, 1.82) is 0 Å². The minimum atomic E-state index is 0.0359. The van der Waals surface area contributed by atoms with E-state index in [1.807, 2.05) is 49.4 Å². The van der Waals surface area contributed by atoms with Crippen LogP contribution in [0.5, 0.6) is 5.75 Å². The van der Waals surface area contributed by atoms with Crippen LogP contribution in [0.2, 0.25) is 0 Å². The Kier molecular flexibility index (Phi) is 4.02. The maximum atomic E-state index is 5.79. The third-order valence-electron chi connectivity index (χ3n) is 2.48. The number of nitrogen functional groups attached to an aromatic ring is 1. The topological polar surface area (TPSA) is 60.2 Å². The van der Waals surface area contributed by atoms with Crippen molar-refractivity contribution in [3.05, 3.63) is 48.7 Å². The van der Waals surface area contributed by atoms with Gasteiger partial charge in [-0.05, 0) is 31.2 Å². The fraction of sp³-hybridized carbons (Fsp3) is 0.214. The van der Waals surface area contributed by atoms with Crippen molar-refractivity contribution in [1.82, 2.24) is 4.98 Å².